The van der Waals surface area contributed by atoms with Crippen molar-refractivity contribution in [3.8, 4) is 0 Å². The SMILES string of the molecule is CSc1ccc(C(=O)Nc2ccccc2C(=O)Nc2cccc(C)c2)cc1[N+](=O)[O-]. The maximum Gasteiger partial charge on any atom is 0.283 e. The molecule has 3 rings (SSSR count). The van der Waals surface area contributed by atoms with E-state index in [1.165, 1.54) is 30.0 Å². The van der Waals surface area contributed by atoms with E-state index in [2.05, 4.69) is 10.6 Å². The number of nitrogens with one attached hydrogen (secondary N) is 2. The minimum Gasteiger partial charge on any atom is -0.322 e. The second kappa shape index (κ2) is 9.23. The van der Waals surface area contributed by atoms with Crippen LogP contribution in [0.1, 0.15) is 26.3 Å². The van der Waals surface area contributed by atoms with E-state index in [0.29, 0.717) is 16.3 Å². The van der Waals surface area contributed by atoms with Gasteiger partial charge in [0, 0.05) is 17.3 Å². The van der Waals surface area contributed by atoms with E-state index in [9.17, 15) is 19.7 Å². The molecule has 3 aromatic carbocycles. The summed E-state index contributed by atoms with van der Waals surface area (Å²) in [6.45, 7) is 1.92. The van der Waals surface area contributed by atoms with Gasteiger partial charge in [0.1, 0.15) is 0 Å². The Labute approximate surface area is 177 Å². The summed E-state index contributed by atoms with van der Waals surface area (Å²) in [7, 11) is 0. The first-order chi connectivity index (χ1) is 14.4. The van der Waals surface area contributed by atoms with Gasteiger partial charge in [-0.3, -0.25) is 19.7 Å². The van der Waals surface area contributed by atoms with Crippen LogP contribution in [-0.2, 0) is 0 Å². The molecule has 0 aromatic heterocycles. The number of nitro benzene ring substituents is 1. The van der Waals surface area contributed by atoms with Crippen molar-refractivity contribution in [3.05, 3.63) is 93.5 Å². The fraction of sp³-hybridized carbons (Fsp3) is 0.0909. The summed E-state index contributed by atoms with van der Waals surface area (Å²) in [6.07, 6.45) is 1.73. The van der Waals surface area contributed by atoms with Crippen molar-refractivity contribution in [2.75, 3.05) is 16.9 Å². The Kier molecular flexibility index (Phi) is 6.48. The molecule has 0 saturated heterocycles. The Bertz CT molecular complexity index is 1130. The molecule has 0 unspecified atom stereocenters. The van der Waals surface area contributed by atoms with Crippen molar-refractivity contribution < 1.29 is 14.5 Å². The van der Waals surface area contributed by atoms with Gasteiger partial charge in [-0.1, -0.05) is 24.3 Å². The zero-order chi connectivity index (χ0) is 21.7. The number of thioether (sulfide) groups is 1. The van der Waals surface area contributed by atoms with E-state index in [0.717, 1.165) is 5.56 Å². The Balaban J connectivity index is 1.84. The van der Waals surface area contributed by atoms with Gasteiger partial charge < -0.3 is 10.6 Å². The minimum atomic E-state index is -0.540. The number of carbonyl (C=O) groups excluding carboxylic acids is 2. The smallest absolute Gasteiger partial charge is 0.283 e. The summed E-state index contributed by atoms with van der Waals surface area (Å²) in [6, 6.07) is 18.2. The van der Waals surface area contributed by atoms with Crippen LogP contribution < -0.4 is 10.6 Å². The largest absolute Gasteiger partial charge is 0.322 e. The number of nitrogens with zero attached hydrogens (tertiary/aromatic N) is 1. The maximum absolute atomic E-state index is 12.7. The molecule has 0 fully saturated rings. The van der Waals surface area contributed by atoms with Gasteiger partial charge in [0.25, 0.3) is 17.5 Å². The average Bonchev–Trinajstić information content (AvgIpc) is 2.73. The molecule has 2 N–H and O–H groups in total. The zero-order valence-electron chi connectivity index (χ0n) is 16.3. The van der Waals surface area contributed by atoms with Crippen LogP contribution in [-0.4, -0.2) is 23.0 Å². The maximum atomic E-state index is 12.7. The van der Waals surface area contributed by atoms with E-state index in [4.69, 9.17) is 0 Å². The third-order valence-corrected chi connectivity index (χ3v) is 5.12. The van der Waals surface area contributed by atoms with Gasteiger partial charge in [-0.15, -0.1) is 11.8 Å². The molecule has 30 heavy (non-hydrogen) atoms. The van der Waals surface area contributed by atoms with Gasteiger partial charge in [-0.2, -0.15) is 0 Å². The fourth-order valence-electron chi connectivity index (χ4n) is 2.88. The topological polar surface area (TPSA) is 101 Å². The van der Waals surface area contributed by atoms with Crippen LogP contribution in [0, 0.1) is 17.0 Å². The van der Waals surface area contributed by atoms with Gasteiger partial charge in [0.05, 0.1) is 21.1 Å². The molecule has 0 radical (unpaired) electrons. The first-order valence-corrected chi connectivity index (χ1v) is 10.2. The Morgan fingerprint density at radius 1 is 0.933 bits per heavy atom. The highest BCUT2D eigenvalue weighted by Gasteiger charge is 2.19. The average molecular weight is 421 g/mol. The van der Waals surface area contributed by atoms with Crippen molar-refractivity contribution in [2.24, 2.45) is 0 Å². The molecule has 0 saturated carbocycles. The van der Waals surface area contributed by atoms with E-state index in [-0.39, 0.29) is 22.7 Å². The first-order valence-electron chi connectivity index (χ1n) is 9.00. The summed E-state index contributed by atoms with van der Waals surface area (Å²) >= 11 is 1.23. The summed E-state index contributed by atoms with van der Waals surface area (Å²) in [5.41, 5.74) is 2.23. The van der Waals surface area contributed by atoms with E-state index in [1.54, 1.807) is 36.6 Å². The van der Waals surface area contributed by atoms with Gasteiger partial charge in [-0.25, -0.2) is 0 Å². The van der Waals surface area contributed by atoms with E-state index in [1.807, 2.05) is 25.1 Å². The number of aryl methyl sites for hydroxylation is 1. The van der Waals surface area contributed by atoms with Crippen LogP contribution >= 0.6 is 11.8 Å². The Morgan fingerprint density at radius 3 is 2.40 bits per heavy atom. The quantitative estimate of drug-likeness (QED) is 0.326. The molecule has 0 heterocycles. The number of anilines is 2. The molecule has 0 aliphatic rings. The normalized spacial score (nSPS) is 10.3. The van der Waals surface area contributed by atoms with Crippen molar-refractivity contribution in [1.82, 2.24) is 0 Å². The standard InChI is InChI=1S/C22H19N3O4S/c1-14-6-5-7-16(12-14)23-22(27)17-8-3-4-9-18(17)24-21(26)15-10-11-20(30-2)19(13-15)25(28)29/h3-13H,1-2H3,(H,23,27)(H,24,26). The van der Waals surface area contributed by atoms with Crippen LogP contribution in [0.4, 0.5) is 17.1 Å². The predicted octanol–water partition coefficient (Wildman–Crippen LogP) is 5.13. The third kappa shape index (κ3) is 4.84. The third-order valence-electron chi connectivity index (χ3n) is 4.33. The summed E-state index contributed by atoms with van der Waals surface area (Å²) in [5, 5.41) is 16.8. The molecule has 0 aliphatic heterocycles. The summed E-state index contributed by atoms with van der Waals surface area (Å²) < 4.78 is 0. The molecular formula is C22H19N3O4S. The number of rotatable bonds is 6. The Hall–Kier alpha value is -3.65. The lowest BCUT2D eigenvalue weighted by Gasteiger charge is -2.12. The second-order valence-electron chi connectivity index (χ2n) is 6.47. The molecule has 0 spiro atoms. The van der Waals surface area contributed by atoms with E-state index >= 15 is 0 Å². The number of para-hydroxylation sites is 1. The monoisotopic (exact) mass is 421 g/mol. The van der Waals surface area contributed by atoms with Crippen LogP contribution in [0.5, 0.6) is 0 Å². The number of amides is 2. The lowest BCUT2D eigenvalue weighted by Crippen LogP contribution is -2.18. The molecule has 152 valence electrons. The molecule has 7 nitrogen and oxygen atoms in total. The number of hydrogen-bond donors (Lipinski definition) is 2. The molecule has 0 bridgehead atoms. The Morgan fingerprint density at radius 2 is 1.70 bits per heavy atom. The minimum absolute atomic E-state index is 0.133. The lowest BCUT2D eigenvalue weighted by atomic mass is 10.1. The molecule has 2 amide bonds. The highest BCUT2D eigenvalue weighted by molar-refractivity contribution is 7.98. The molecule has 8 heteroatoms. The van der Waals surface area contributed by atoms with Gasteiger partial charge in [0.2, 0.25) is 0 Å². The van der Waals surface area contributed by atoms with E-state index < -0.39 is 10.8 Å². The highest BCUT2D eigenvalue weighted by Crippen LogP contribution is 2.29. The fourth-order valence-corrected chi connectivity index (χ4v) is 3.43. The van der Waals surface area contributed by atoms with Crippen molar-refractivity contribution in [1.29, 1.82) is 0 Å². The van der Waals surface area contributed by atoms with Crippen LogP contribution in [0.25, 0.3) is 0 Å². The highest BCUT2D eigenvalue weighted by atomic mass is 32.2. The first kappa shape index (κ1) is 21.1. The van der Waals surface area contributed by atoms with Crippen LogP contribution in [0.15, 0.2) is 71.6 Å². The number of carbonyl (C=O) groups is 2. The van der Waals surface area contributed by atoms with Gasteiger partial charge in [0.15, 0.2) is 0 Å². The number of benzene rings is 3. The summed E-state index contributed by atoms with van der Waals surface area (Å²) in [5.74, 6) is -0.915. The van der Waals surface area contributed by atoms with Crippen molar-refractivity contribution in [2.45, 2.75) is 11.8 Å². The molecule has 0 aliphatic carbocycles. The van der Waals surface area contributed by atoms with Crippen LogP contribution in [0.3, 0.4) is 0 Å². The number of nitro groups is 1. The predicted molar refractivity (Wildman–Crippen MR) is 118 cm³/mol. The van der Waals surface area contributed by atoms with Crippen molar-refractivity contribution >= 4 is 40.6 Å². The van der Waals surface area contributed by atoms with Crippen molar-refractivity contribution in [3.63, 3.8) is 0 Å². The van der Waals surface area contributed by atoms with Gasteiger partial charge in [-0.05, 0) is 55.1 Å². The lowest BCUT2D eigenvalue weighted by molar-refractivity contribution is -0.387. The molecule has 3 aromatic rings. The number of hydrogen-bond acceptors (Lipinski definition) is 5. The van der Waals surface area contributed by atoms with Gasteiger partial charge >= 0.3 is 0 Å². The second-order valence-corrected chi connectivity index (χ2v) is 7.32. The van der Waals surface area contributed by atoms with Crippen LogP contribution in [0.2, 0.25) is 0 Å². The molecular weight excluding hydrogens is 402 g/mol. The zero-order valence-corrected chi connectivity index (χ0v) is 17.2. The summed E-state index contributed by atoms with van der Waals surface area (Å²) in [4.78, 5) is 36.6. The molecule has 0 atom stereocenters.